The monoisotopic (exact) mass is 457 g/mol. The molecule has 3 rings (SSSR count). The average Bonchev–Trinajstić information content (AvgIpc) is 2.74. The molecule has 0 bridgehead atoms. The average molecular weight is 458 g/mol. The molecule has 1 saturated heterocycles. The Kier molecular flexibility index (Phi) is 6.93. The van der Waals surface area contributed by atoms with E-state index in [0.29, 0.717) is 35.3 Å². The van der Waals surface area contributed by atoms with Gasteiger partial charge in [-0.3, -0.25) is 4.79 Å². The van der Waals surface area contributed by atoms with Crippen LogP contribution in [0, 0.1) is 0 Å². The zero-order valence-electron chi connectivity index (χ0n) is 20.7. The highest BCUT2D eigenvalue weighted by atomic mass is 19.3. The topological polar surface area (TPSA) is 40.5 Å². The van der Waals surface area contributed by atoms with E-state index >= 15 is 8.78 Å². The van der Waals surface area contributed by atoms with Crippen molar-refractivity contribution in [1.29, 1.82) is 0 Å². The van der Waals surface area contributed by atoms with Crippen molar-refractivity contribution in [3.8, 4) is 5.75 Å². The molecule has 1 amide bonds. The largest absolute Gasteiger partial charge is 0.507 e. The van der Waals surface area contributed by atoms with Crippen LogP contribution in [-0.2, 0) is 15.6 Å². The van der Waals surface area contributed by atoms with Crippen LogP contribution in [0.3, 0.4) is 0 Å². The maximum Gasteiger partial charge on any atom is 0.335 e. The second-order valence-electron chi connectivity index (χ2n) is 11.3. The Morgan fingerprint density at radius 1 is 0.848 bits per heavy atom. The summed E-state index contributed by atoms with van der Waals surface area (Å²) >= 11 is 0. The van der Waals surface area contributed by atoms with Gasteiger partial charge >= 0.3 is 5.92 Å². The van der Waals surface area contributed by atoms with E-state index in [2.05, 4.69) is 0 Å². The molecule has 3 nitrogen and oxygen atoms in total. The van der Waals surface area contributed by atoms with Gasteiger partial charge in [-0.15, -0.1) is 0 Å². The van der Waals surface area contributed by atoms with E-state index in [4.69, 9.17) is 0 Å². The number of phenolic OH excluding ortho intramolecular Hbond substituents is 1. The van der Waals surface area contributed by atoms with E-state index in [1.807, 2.05) is 41.5 Å². The van der Waals surface area contributed by atoms with Crippen LogP contribution >= 0.6 is 0 Å². The molecule has 0 saturated carbocycles. The minimum Gasteiger partial charge on any atom is -0.507 e. The minimum atomic E-state index is -3.63. The third kappa shape index (κ3) is 5.23. The van der Waals surface area contributed by atoms with Crippen LogP contribution < -0.4 is 0 Å². The Morgan fingerprint density at radius 3 is 1.79 bits per heavy atom. The minimum absolute atomic E-state index is 0.135. The van der Waals surface area contributed by atoms with Gasteiger partial charge in [-0.25, -0.2) is 0 Å². The first-order valence-corrected chi connectivity index (χ1v) is 11.8. The SMILES string of the molecule is CC(C)(C)c1cc([C@@H](c2ccccc2)C(F)(F)C(=O)N2CCCCC2)cc(C(C)(C)C)c1O. The van der Waals surface area contributed by atoms with Gasteiger partial charge in [0.15, 0.2) is 0 Å². The molecule has 2 aromatic rings. The summed E-state index contributed by atoms with van der Waals surface area (Å²) in [6.45, 7) is 12.4. The molecule has 1 atom stereocenters. The summed E-state index contributed by atoms with van der Waals surface area (Å²) in [4.78, 5) is 14.5. The molecule has 1 aliphatic heterocycles. The van der Waals surface area contributed by atoms with Crippen LogP contribution in [0.5, 0.6) is 5.75 Å². The van der Waals surface area contributed by atoms with Crippen LogP contribution in [0.4, 0.5) is 8.78 Å². The number of phenols is 1. The zero-order chi connectivity index (χ0) is 24.6. The normalized spacial score (nSPS) is 16.5. The fourth-order valence-corrected chi connectivity index (χ4v) is 4.65. The van der Waals surface area contributed by atoms with Gasteiger partial charge in [0.05, 0.1) is 5.92 Å². The summed E-state index contributed by atoms with van der Waals surface area (Å²) in [6.07, 6.45) is 2.46. The number of hydrogen-bond acceptors (Lipinski definition) is 2. The molecule has 1 heterocycles. The summed E-state index contributed by atoms with van der Waals surface area (Å²) in [6, 6.07) is 11.9. The molecule has 180 valence electrons. The number of likely N-dealkylation sites (tertiary alicyclic amines) is 1. The van der Waals surface area contributed by atoms with Gasteiger partial charge in [0.25, 0.3) is 5.91 Å². The lowest BCUT2D eigenvalue weighted by Crippen LogP contribution is -2.49. The van der Waals surface area contributed by atoms with E-state index in [0.717, 1.165) is 19.3 Å². The molecular weight excluding hydrogens is 420 g/mol. The van der Waals surface area contributed by atoms with Gasteiger partial charge in [0.1, 0.15) is 5.75 Å². The summed E-state index contributed by atoms with van der Waals surface area (Å²) in [5.74, 6) is -6.05. The number of carbonyl (C=O) groups is 1. The summed E-state index contributed by atoms with van der Waals surface area (Å²) in [5.41, 5.74) is 1.02. The molecule has 1 fully saturated rings. The number of nitrogens with zero attached hydrogens (tertiary/aromatic N) is 1. The van der Waals surface area contributed by atoms with Crippen molar-refractivity contribution in [3.05, 3.63) is 64.7 Å². The van der Waals surface area contributed by atoms with Crippen molar-refractivity contribution >= 4 is 5.91 Å². The van der Waals surface area contributed by atoms with Crippen molar-refractivity contribution in [2.24, 2.45) is 0 Å². The quantitative estimate of drug-likeness (QED) is 0.551. The van der Waals surface area contributed by atoms with E-state index in [-0.39, 0.29) is 5.75 Å². The van der Waals surface area contributed by atoms with Crippen LogP contribution in [0.25, 0.3) is 0 Å². The number of halogens is 2. The predicted octanol–water partition coefficient (Wildman–Crippen LogP) is 6.77. The standard InChI is InChI=1S/C28H37F2NO2/c1-26(2,3)21-17-20(18-22(24(21)32)27(4,5)6)23(19-13-9-7-10-14-19)28(29,30)25(33)31-15-11-8-12-16-31/h7,9-10,13-14,17-18,23,32H,8,11-12,15-16H2,1-6H3/t23-/m1/s1. The summed E-state index contributed by atoms with van der Waals surface area (Å²) < 4.78 is 32.3. The van der Waals surface area contributed by atoms with Gasteiger partial charge in [0.2, 0.25) is 0 Å². The lowest BCUT2D eigenvalue weighted by atomic mass is 9.75. The second-order valence-corrected chi connectivity index (χ2v) is 11.3. The number of alkyl halides is 2. The highest BCUT2D eigenvalue weighted by Crippen LogP contribution is 2.46. The maximum absolute atomic E-state index is 16.1. The van der Waals surface area contributed by atoms with Gasteiger partial charge in [-0.2, -0.15) is 8.78 Å². The smallest absolute Gasteiger partial charge is 0.335 e. The highest BCUT2D eigenvalue weighted by Gasteiger charge is 2.51. The molecule has 5 heteroatoms. The van der Waals surface area contributed by atoms with Crippen LogP contribution in [-0.4, -0.2) is 34.9 Å². The van der Waals surface area contributed by atoms with Crippen LogP contribution in [0.2, 0.25) is 0 Å². The number of amides is 1. The van der Waals surface area contributed by atoms with Gasteiger partial charge in [0, 0.05) is 13.1 Å². The van der Waals surface area contributed by atoms with Crippen LogP contribution in [0.1, 0.15) is 89.0 Å². The first-order chi connectivity index (χ1) is 15.2. The number of carbonyl (C=O) groups excluding carboxylic acids is 1. The Hall–Kier alpha value is -2.43. The lowest BCUT2D eigenvalue weighted by molar-refractivity contribution is -0.160. The first-order valence-electron chi connectivity index (χ1n) is 11.8. The molecule has 2 aromatic carbocycles. The molecule has 1 aliphatic rings. The maximum atomic E-state index is 16.1. The van der Waals surface area contributed by atoms with E-state index in [1.54, 1.807) is 42.5 Å². The third-order valence-corrected chi connectivity index (χ3v) is 6.51. The Labute approximate surface area is 196 Å². The van der Waals surface area contributed by atoms with Crippen molar-refractivity contribution < 1.29 is 18.7 Å². The Morgan fingerprint density at radius 2 is 1.33 bits per heavy atom. The molecule has 0 aromatic heterocycles. The predicted molar refractivity (Wildman–Crippen MR) is 129 cm³/mol. The van der Waals surface area contributed by atoms with Crippen molar-refractivity contribution in [3.63, 3.8) is 0 Å². The van der Waals surface area contributed by atoms with Crippen molar-refractivity contribution in [2.75, 3.05) is 13.1 Å². The Bertz CT molecular complexity index is 946. The summed E-state index contributed by atoms with van der Waals surface area (Å²) in [5, 5.41) is 11.1. The van der Waals surface area contributed by atoms with Gasteiger partial charge in [-0.1, -0.05) is 84.0 Å². The molecule has 0 aliphatic carbocycles. The van der Waals surface area contributed by atoms with E-state index in [1.165, 1.54) is 4.90 Å². The molecule has 33 heavy (non-hydrogen) atoms. The number of aromatic hydroxyl groups is 1. The van der Waals surface area contributed by atoms with E-state index < -0.39 is 28.6 Å². The summed E-state index contributed by atoms with van der Waals surface area (Å²) in [7, 11) is 0. The highest BCUT2D eigenvalue weighted by molar-refractivity contribution is 5.85. The molecule has 1 N–H and O–H groups in total. The zero-order valence-corrected chi connectivity index (χ0v) is 20.7. The molecule has 0 radical (unpaired) electrons. The Balaban J connectivity index is 2.25. The fraction of sp³-hybridized carbons (Fsp3) is 0.536. The van der Waals surface area contributed by atoms with Crippen molar-refractivity contribution in [1.82, 2.24) is 4.90 Å². The van der Waals surface area contributed by atoms with Gasteiger partial charge < -0.3 is 10.0 Å². The lowest BCUT2D eigenvalue weighted by Gasteiger charge is -2.35. The third-order valence-electron chi connectivity index (χ3n) is 6.51. The molecule has 0 spiro atoms. The number of benzene rings is 2. The van der Waals surface area contributed by atoms with Gasteiger partial charge in [-0.05, 0) is 52.3 Å². The number of hydrogen-bond donors (Lipinski definition) is 1. The number of rotatable bonds is 4. The second kappa shape index (κ2) is 9.08. The first kappa shape index (κ1) is 25.2. The van der Waals surface area contributed by atoms with Crippen molar-refractivity contribution in [2.45, 2.75) is 83.5 Å². The van der Waals surface area contributed by atoms with E-state index in [9.17, 15) is 9.90 Å². The molecule has 0 unspecified atom stereocenters. The molecular formula is C28H37F2NO2. The fourth-order valence-electron chi connectivity index (χ4n) is 4.65. The van der Waals surface area contributed by atoms with Crippen LogP contribution in [0.15, 0.2) is 42.5 Å². The number of piperidine rings is 1.